The molecule has 0 saturated heterocycles. The van der Waals surface area contributed by atoms with E-state index in [0.29, 0.717) is 0 Å². The highest BCUT2D eigenvalue weighted by Crippen LogP contribution is 2.51. The van der Waals surface area contributed by atoms with Crippen molar-refractivity contribution in [3.63, 3.8) is 0 Å². The summed E-state index contributed by atoms with van der Waals surface area (Å²) in [7, 11) is -6.49. The summed E-state index contributed by atoms with van der Waals surface area (Å²) < 4.78 is 2.65. The Labute approximate surface area is 741 Å². The van der Waals surface area contributed by atoms with Gasteiger partial charge in [0.25, 0.3) is 6.71 Å². The summed E-state index contributed by atoms with van der Waals surface area (Å²) in [4.78, 5) is 5.54. The Hall–Kier alpha value is -11.8. The number of fused-ring (bicyclic) bond motifs is 7. The third-order valence-corrected chi connectivity index (χ3v) is 36.6. The fourth-order valence-electron chi connectivity index (χ4n) is 20.2. The molecule has 3 nitrogen and oxygen atoms in total. The van der Waals surface area contributed by atoms with Crippen LogP contribution in [-0.2, 0) is 37.9 Å². The summed E-state index contributed by atoms with van der Waals surface area (Å²) in [6.45, 7) is 49.8. The topological polar surface area (TPSA) is 11.4 Å². The second-order valence-electron chi connectivity index (χ2n) is 42.7. The van der Waals surface area contributed by atoms with Gasteiger partial charge in [0.2, 0.25) is 0 Å². The van der Waals surface area contributed by atoms with Gasteiger partial charge in [-0.25, -0.2) is 0 Å². The molecule has 124 heavy (non-hydrogen) atoms. The normalized spacial score (nSPS) is 13.5. The van der Waals surface area contributed by atoms with Crippen LogP contribution in [0.3, 0.4) is 0 Å². The number of nitrogens with zero attached hydrogens (tertiary/aromatic N) is 3. The van der Waals surface area contributed by atoms with Gasteiger partial charge in [0.05, 0.1) is 16.7 Å². The Balaban J connectivity index is 1.07. The Morgan fingerprint density at radius 3 is 1.02 bits per heavy atom. The minimum absolute atomic E-state index is 0.0837. The van der Waals surface area contributed by atoms with Crippen molar-refractivity contribution in [3.8, 4) is 27.9 Å². The smallest absolute Gasteiger partial charge is 0.252 e. The van der Waals surface area contributed by atoms with E-state index in [-0.39, 0.29) is 44.6 Å². The van der Waals surface area contributed by atoms with Crippen LogP contribution in [0.25, 0.3) is 49.7 Å². The SMILES string of the molecule is CC(C)(C)c1cccc(-c2cc(N3c4cc(-c5cc(C(C)(C)C)cc(C(C)(C)C)c5)c(C(C)(C)C)cc4B4c5ccc([Si](c6ccccc6)(c6ccccc6)c6ccccc6)cc5N(c5cccc([Si](c6ccccc6)(c6ccccc6)c6ccccc6)c5)c5cc(-n6c7ccc(C(C)(C)C)cc7c7cc(C(C)(C)C)ccc76)cc3c54)cc(C(C)(C)C)c2)c1. The van der Waals surface area contributed by atoms with Crippen LogP contribution in [0.1, 0.15) is 184 Å². The van der Waals surface area contributed by atoms with Crippen molar-refractivity contribution in [1.82, 2.24) is 4.57 Å². The van der Waals surface area contributed by atoms with Gasteiger partial charge in [0.15, 0.2) is 16.1 Å². The maximum absolute atomic E-state index is 3.28. The Kier molecular flexibility index (Phi) is 20.5. The molecule has 0 spiro atoms. The second-order valence-corrected chi connectivity index (χ2v) is 50.3. The molecule has 2 aliphatic rings. The summed E-state index contributed by atoms with van der Waals surface area (Å²) >= 11 is 0. The van der Waals surface area contributed by atoms with E-state index in [2.05, 4.69) is 506 Å². The highest BCUT2D eigenvalue weighted by molar-refractivity contribution is 7.20. The van der Waals surface area contributed by atoms with Gasteiger partial charge in [0, 0.05) is 44.9 Å². The zero-order valence-electron chi connectivity index (χ0n) is 76.8. The van der Waals surface area contributed by atoms with E-state index in [1.165, 1.54) is 147 Å². The molecule has 15 aromatic carbocycles. The van der Waals surface area contributed by atoms with Crippen molar-refractivity contribution in [3.05, 3.63) is 385 Å². The van der Waals surface area contributed by atoms with Gasteiger partial charge in [0.1, 0.15) is 0 Å². The Morgan fingerprint density at radius 2 is 0.589 bits per heavy atom. The van der Waals surface area contributed by atoms with Gasteiger partial charge in [-0.05, 0) is 230 Å². The lowest BCUT2D eigenvalue weighted by molar-refractivity contribution is 0.568. The molecule has 18 rings (SSSR count). The van der Waals surface area contributed by atoms with E-state index in [1.54, 1.807) is 0 Å². The number of hydrogen-bond donors (Lipinski definition) is 0. The van der Waals surface area contributed by atoms with Gasteiger partial charge < -0.3 is 14.4 Å². The summed E-state index contributed by atoms with van der Waals surface area (Å²) in [5.74, 6) is 0. The molecular weight excluding hydrogens is 1530 g/mol. The molecule has 0 N–H and O–H groups in total. The molecule has 2 aliphatic heterocycles. The molecule has 0 aliphatic carbocycles. The van der Waals surface area contributed by atoms with Gasteiger partial charge in [-0.15, -0.1) is 0 Å². The third-order valence-electron chi connectivity index (χ3n) is 27.0. The van der Waals surface area contributed by atoms with Crippen LogP contribution in [-0.4, -0.2) is 27.4 Å². The van der Waals surface area contributed by atoms with Crippen molar-refractivity contribution >= 4 is 137 Å². The van der Waals surface area contributed by atoms with E-state index in [4.69, 9.17) is 0 Å². The summed E-state index contributed by atoms with van der Waals surface area (Å²) in [6, 6.07) is 137. The Bertz CT molecular complexity index is 6460. The van der Waals surface area contributed by atoms with Gasteiger partial charge in [-0.1, -0.05) is 418 Å². The molecule has 0 saturated carbocycles. The molecule has 1 aromatic heterocycles. The fraction of sp³-hybridized carbons (Fsp3) is 0.237. The standard InChI is InChI=1S/C118H120BN3Si2/c1-112(2,3)82-43-40-42-79(64-82)80-65-87(117(16,17)18)70-89(68-80)122-108-77-99(81-66-85(115(10,11)12)69-86(67-81)116(13,14)15)102(118(19,20)21)78-104(108)119-103-61-60-98(124(94-51-34-25-35-52-94,95-53-36-26-37-54-95)96-55-38-27-39-56-96)76-107(103)120(88-44-41-57-97(73-88)123(91-45-28-22-29-46-91,92-47-30-23-31-48-92)93-49-32-24-33-50-93)109-74-90(75-110(122)111(109)119)121-105-62-58-83(113(4,5)6)71-100(105)101-72-84(114(7,8)9)59-63-106(101)121/h22-78H,1-21H3. The fourth-order valence-corrected chi connectivity index (χ4v) is 29.7. The molecule has 3 heterocycles. The van der Waals surface area contributed by atoms with Gasteiger partial charge in [-0.3, -0.25) is 0 Å². The zero-order valence-corrected chi connectivity index (χ0v) is 78.8. The van der Waals surface area contributed by atoms with Crippen molar-refractivity contribution in [2.75, 3.05) is 9.80 Å². The molecule has 0 radical (unpaired) electrons. The lowest BCUT2D eigenvalue weighted by atomic mass is 9.33. The van der Waals surface area contributed by atoms with E-state index < -0.39 is 16.1 Å². The maximum Gasteiger partial charge on any atom is 0.252 e. The first-order valence-electron chi connectivity index (χ1n) is 45.0. The average molecular weight is 1650 g/mol. The first kappa shape index (κ1) is 83.1. The van der Waals surface area contributed by atoms with E-state index >= 15 is 0 Å². The molecule has 16 aromatic rings. The molecule has 0 amide bonds. The molecule has 0 unspecified atom stereocenters. The zero-order chi connectivity index (χ0) is 87.2. The van der Waals surface area contributed by atoms with Crippen LogP contribution in [0.15, 0.2) is 346 Å². The quantitative estimate of drug-likeness (QED) is 0.0842. The summed E-state index contributed by atoms with van der Waals surface area (Å²) in [5, 5.41) is 13.1. The first-order valence-corrected chi connectivity index (χ1v) is 49.0. The predicted molar refractivity (Wildman–Crippen MR) is 544 cm³/mol. The van der Waals surface area contributed by atoms with Crippen LogP contribution < -0.4 is 67.7 Å². The van der Waals surface area contributed by atoms with Crippen molar-refractivity contribution in [2.45, 2.75) is 183 Å². The molecular formula is C118H120BN3Si2. The van der Waals surface area contributed by atoms with Gasteiger partial charge >= 0.3 is 0 Å². The highest BCUT2D eigenvalue weighted by atomic mass is 28.3. The van der Waals surface area contributed by atoms with Crippen molar-refractivity contribution < 1.29 is 0 Å². The number of aromatic nitrogens is 1. The molecule has 0 fully saturated rings. The van der Waals surface area contributed by atoms with Gasteiger partial charge in [-0.2, -0.15) is 0 Å². The first-order chi connectivity index (χ1) is 58.9. The van der Waals surface area contributed by atoms with Crippen LogP contribution in [0, 0.1) is 0 Å². The largest absolute Gasteiger partial charge is 0.311 e. The van der Waals surface area contributed by atoms with Crippen molar-refractivity contribution in [2.24, 2.45) is 0 Å². The highest BCUT2D eigenvalue weighted by Gasteiger charge is 2.50. The number of anilines is 6. The minimum atomic E-state index is -3.28. The minimum Gasteiger partial charge on any atom is -0.311 e. The Morgan fingerprint density at radius 1 is 0.218 bits per heavy atom. The lowest BCUT2D eigenvalue weighted by Crippen LogP contribution is -2.75. The monoisotopic (exact) mass is 1650 g/mol. The lowest BCUT2D eigenvalue weighted by Gasteiger charge is -2.46. The summed E-state index contributed by atoms with van der Waals surface area (Å²) in [6.07, 6.45) is 0. The average Bonchev–Trinajstić information content (AvgIpc) is 0.871. The molecule has 0 atom stereocenters. The van der Waals surface area contributed by atoms with Crippen LogP contribution in [0.4, 0.5) is 34.1 Å². The van der Waals surface area contributed by atoms with E-state index in [1.807, 2.05) is 0 Å². The van der Waals surface area contributed by atoms with Crippen molar-refractivity contribution in [1.29, 1.82) is 0 Å². The molecule has 618 valence electrons. The molecule has 6 heteroatoms. The van der Waals surface area contributed by atoms with Crippen LogP contribution >= 0.6 is 0 Å². The maximum atomic E-state index is 2.77. The van der Waals surface area contributed by atoms with E-state index in [9.17, 15) is 0 Å². The van der Waals surface area contributed by atoms with Crippen LogP contribution in [0.5, 0.6) is 0 Å². The number of hydrogen-bond acceptors (Lipinski definition) is 2. The third kappa shape index (κ3) is 14.5. The van der Waals surface area contributed by atoms with Crippen LogP contribution in [0.2, 0.25) is 0 Å². The predicted octanol–water partition coefficient (Wildman–Crippen LogP) is 24.0. The van der Waals surface area contributed by atoms with E-state index in [0.717, 1.165) is 34.1 Å². The number of benzene rings is 15. The summed E-state index contributed by atoms with van der Waals surface area (Å²) in [5.41, 5.74) is 26.9. The second kappa shape index (κ2) is 30.6. The molecule has 0 bridgehead atoms. The number of rotatable bonds is 13.